The Kier molecular flexibility index (Phi) is 4.57. The van der Waals surface area contributed by atoms with Gasteiger partial charge in [-0.15, -0.1) is 0 Å². The molecule has 0 aliphatic heterocycles. The Hall–Kier alpha value is -3.14. The van der Waals surface area contributed by atoms with Gasteiger partial charge in [0.1, 0.15) is 6.61 Å². The van der Waals surface area contributed by atoms with Crippen LogP contribution in [0.4, 0.5) is 0 Å². The van der Waals surface area contributed by atoms with Gasteiger partial charge in [-0.2, -0.15) is 0 Å². The van der Waals surface area contributed by atoms with Gasteiger partial charge in [-0.1, -0.05) is 48.5 Å². The van der Waals surface area contributed by atoms with Crippen LogP contribution in [0.25, 0.3) is 10.8 Å². The van der Waals surface area contributed by atoms with Crippen molar-refractivity contribution < 1.29 is 19.1 Å². The molecule has 0 aliphatic carbocycles. The molecule has 3 rings (SSSR count). The van der Waals surface area contributed by atoms with Gasteiger partial charge in [0.25, 0.3) is 0 Å². The van der Waals surface area contributed by atoms with E-state index in [4.69, 9.17) is 4.74 Å². The highest BCUT2D eigenvalue weighted by atomic mass is 16.5. The first-order valence-corrected chi connectivity index (χ1v) is 7.51. The van der Waals surface area contributed by atoms with Gasteiger partial charge in [0.15, 0.2) is 0 Å². The second-order valence-corrected chi connectivity index (χ2v) is 5.29. The lowest BCUT2D eigenvalue weighted by molar-refractivity contribution is 0.0474. The predicted octanol–water partition coefficient (Wildman–Crippen LogP) is 3.98. The highest BCUT2D eigenvalue weighted by Crippen LogP contribution is 2.19. The van der Waals surface area contributed by atoms with Crippen LogP contribution in [-0.2, 0) is 16.1 Å². The van der Waals surface area contributed by atoms with E-state index in [9.17, 15) is 9.59 Å². The summed E-state index contributed by atoms with van der Waals surface area (Å²) in [6.07, 6.45) is 0. The highest BCUT2D eigenvalue weighted by molar-refractivity contribution is 5.95. The minimum atomic E-state index is -0.487. The molecule has 0 heterocycles. The number of ether oxygens (including phenoxy) is 2. The summed E-state index contributed by atoms with van der Waals surface area (Å²) < 4.78 is 10.1. The molecule has 0 amide bonds. The van der Waals surface area contributed by atoms with E-state index in [1.807, 2.05) is 42.5 Å². The third-order valence-corrected chi connectivity index (χ3v) is 3.76. The summed E-state index contributed by atoms with van der Waals surface area (Å²) in [5, 5.41) is 2.15. The topological polar surface area (TPSA) is 52.6 Å². The molecule has 3 aromatic carbocycles. The SMILES string of the molecule is COC(=O)c1cccc(C(=O)OCc2cccc3ccccc23)c1. The summed E-state index contributed by atoms with van der Waals surface area (Å²) in [6.45, 7) is 0.169. The fourth-order valence-electron chi connectivity index (χ4n) is 2.54. The van der Waals surface area contributed by atoms with Crippen LogP contribution >= 0.6 is 0 Å². The number of carbonyl (C=O) groups is 2. The lowest BCUT2D eigenvalue weighted by Gasteiger charge is -2.08. The van der Waals surface area contributed by atoms with Gasteiger partial charge in [-0.3, -0.25) is 0 Å². The van der Waals surface area contributed by atoms with E-state index in [0.717, 1.165) is 16.3 Å². The fraction of sp³-hybridized carbons (Fsp3) is 0.100. The zero-order valence-electron chi connectivity index (χ0n) is 13.2. The Morgan fingerprint density at radius 1 is 0.833 bits per heavy atom. The summed E-state index contributed by atoms with van der Waals surface area (Å²) in [5.74, 6) is -0.965. The van der Waals surface area contributed by atoms with Crippen molar-refractivity contribution in [1.29, 1.82) is 0 Å². The van der Waals surface area contributed by atoms with Crippen LogP contribution in [0, 0.1) is 0 Å². The first-order chi connectivity index (χ1) is 11.7. The van der Waals surface area contributed by atoms with Crippen LogP contribution in [-0.4, -0.2) is 19.0 Å². The number of benzene rings is 3. The predicted molar refractivity (Wildman–Crippen MR) is 90.8 cm³/mol. The number of rotatable bonds is 4. The molecule has 0 aliphatic rings. The molecule has 0 aromatic heterocycles. The number of hydrogen-bond donors (Lipinski definition) is 0. The van der Waals surface area contributed by atoms with E-state index in [2.05, 4.69) is 4.74 Å². The molecule has 4 nitrogen and oxygen atoms in total. The van der Waals surface area contributed by atoms with Gasteiger partial charge in [0.05, 0.1) is 18.2 Å². The quantitative estimate of drug-likeness (QED) is 0.682. The zero-order valence-corrected chi connectivity index (χ0v) is 13.2. The number of hydrogen-bond acceptors (Lipinski definition) is 4. The normalized spacial score (nSPS) is 10.4. The number of fused-ring (bicyclic) bond motifs is 1. The lowest BCUT2D eigenvalue weighted by atomic mass is 10.1. The van der Waals surface area contributed by atoms with Crippen molar-refractivity contribution in [3.8, 4) is 0 Å². The van der Waals surface area contributed by atoms with Crippen molar-refractivity contribution in [2.24, 2.45) is 0 Å². The van der Waals surface area contributed by atoms with Gasteiger partial charge in [-0.05, 0) is 34.5 Å². The molecule has 0 fully saturated rings. The average Bonchev–Trinajstić information content (AvgIpc) is 2.65. The van der Waals surface area contributed by atoms with Crippen LogP contribution in [0.5, 0.6) is 0 Å². The number of carbonyl (C=O) groups excluding carboxylic acids is 2. The minimum Gasteiger partial charge on any atom is -0.465 e. The maximum atomic E-state index is 12.2. The zero-order chi connectivity index (χ0) is 16.9. The summed E-state index contributed by atoms with van der Waals surface area (Å²) in [6, 6.07) is 20.1. The molecule has 0 spiro atoms. The van der Waals surface area contributed by atoms with Crippen LogP contribution < -0.4 is 0 Å². The van der Waals surface area contributed by atoms with Crippen molar-refractivity contribution >= 4 is 22.7 Å². The summed E-state index contributed by atoms with van der Waals surface area (Å²) in [4.78, 5) is 23.8. The summed E-state index contributed by atoms with van der Waals surface area (Å²) >= 11 is 0. The van der Waals surface area contributed by atoms with Gasteiger partial charge in [0, 0.05) is 0 Å². The molecule has 0 radical (unpaired) electrons. The van der Waals surface area contributed by atoms with E-state index < -0.39 is 11.9 Å². The molecular weight excluding hydrogens is 304 g/mol. The van der Waals surface area contributed by atoms with E-state index in [1.54, 1.807) is 18.2 Å². The van der Waals surface area contributed by atoms with Crippen molar-refractivity contribution in [3.05, 3.63) is 83.4 Å². The first kappa shape index (κ1) is 15.7. The van der Waals surface area contributed by atoms with Crippen molar-refractivity contribution in [2.45, 2.75) is 6.61 Å². The maximum Gasteiger partial charge on any atom is 0.338 e. The second kappa shape index (κ2) is 6.96. The Bertz CT molecular complexity index is 894. The Morgan fingerprint density at radius 3 is 2.29 bits per heavy atom. The van der Waals surface area contributed by atoms with E-state index in [0.29, 0.717) is 11.1 Å². The summed E-state index contributed by atoms with van der Waals surface area (Å²) in [7, 11) is 1.30. The van der Waals surface area contributed by atoms with Crippen LogP contribution in [0.3, 0.4) is 0 Å². The monoisotopic (exact) mass is 320 g/mol. The molecule has 0 unspecified atom stereocenters. The first-order valence-electron chi connectivity index (χ1n) is 7.51. The molecule has 0 atom stereocenters. The van der Waals surface area contributed by atoms with Gasteiger partial charge in [-0.25, -0.2) is 9.59 Å². The standard InChI is InChI=1S/C20H16O4/c1-23-19(21)15-8-5-9-16(12-15)20(22)24-13-17-10-4-7-14-6-2-3-11-18(14)17/h2-12H,13H2,1H3. The van der Waals surface area contributed by atoms with Crippen LogP contribution in [0.15, 0.2) is 66.7 Å². The molecule has 24 heavy (non-hydrogen) atoms. The maximum absolute atomic E-state index is 12.2. The van der Waals surface area contributed by atoms with Crippen LogP contribution in [0.2, 0.25) is 0 Å². The largest absolute Gasteiger partial charge is 0.465 e. The fourth-order valence-corrected chi connectivity index (χ4v) is 2.54. The van der Waals surface area contributed by atoms with Crippen LogP contribution in [0.1, 0.15) is 26.3 Å². The second-order valence-electron chi connectivity index (χ2n) is 5.29. The van der Waals surface area contributed by atoms with Gasteiger partial charge < -0.3 is 9.47 Å². The van der Waals surface area contributed by atoms with Gasteiger partial charge >= 0.3 is 11.9 Å². The van der Waals surface area contributed by atoms with Crippen molar-refractivity contribution in [3.63, 3.8) is 0 Å². The molecule has 0 saturated heterocycles. The molecule has 0 saturated carbocycles. The molecule has 3 aromatic rings. The van der Waals surface area contributed by atoms with Gasteiger partial charge in [0.2, 0.25) is 0 Å². The highest BCUT2D eigenvalue weighted by Gasteiger charge is 2.12. The Morgan fingerprint density at radius 2 is 1.50 bits per heavy atom. The Labute approximate surface area is 139 Å². The van der Waals surface area contributed by atoms with E-state index in [-0.39, 0.29) is 6.61 Å². The molecular formula is C20H16O4. The summed E-state index contributed by atoms with van der Waals surface area (Å²) in [5.41, 5.74) is 1.57. The minimum absolute atomic E-state index is 0.169. The van der Waals surface area contributed by atoms with Crippen molar-refractivity contribution in [2.75, 3.05) is 7.11 Å². The number of esters is 2. The molecule has 4 heteroatoms. The smallest absolute Gasteiger partial charge is 0.338 e. The third-order valence-electron chi connectivity index (χ3n) is 3.76. The van der Waals surface area contributed by atoms with E-state index in [1.165, 1.54) is 13.2 Å². The van der Waals surface area contributed by atoms with Crippen molar-refractivity contribution in [1.82, 2.24) is 0 Å². The van der Waals surface area contributed by atoms with E-state index >= 15 is 0 Å². The number of methoxy groups -OCH3 is 1. The lowest BCUT2D eigenvalue weighted by Crippen LogP contribution is -2.08. The molecule has 120 valence electrons. The molecule has 0 bridgehead atoms. The molecule has 0 N–H and O–H groups in total. The third kappa shape index (κ3) is 3.27. The average molecular weight is 320 g/mol. The Balaban J connectivity index is 1.77.